The summed E-state index contributed by atoms with van der Waals surface area (Å²) < 4.78 is 30.9. The van der Waals surface area contributed by atoms with Crippen LogP contribution in [0.25, 0.3) is 6.08 Å². The first-order valence-corrected chi connectivity index (χ1v) is 7.67. The average molecular weight is 299 g/mol. The van der Waals surface area contributed by atoms with Gasteiger partial charge in [0.25, 0.3) is 0 Å². The molecule has 0 unspecified atom stereocenters. The van der Waals surface area contributed by atoms with E-state index in [9.17, 15) is 13.2 Å². The van der Waals surface area contributed by atoms with Crippen molar-refractivity contribution in [1.29, 1.82) is 0 Å². The summed E-state index contributed by atoms with van der Waals surface area (Å²) in [4.78, 5) is 10.4. The minimum Gasteiger partial charge on any atom is -0.478 e. The molecule has 0 atom stereocenters. The Balaban J connectivity index is 2.72. The van der Waals surface area contributed by atoms with Crippen LogP contribution in [0.5, 0.6) is 0 Å². The number of rotatable bonds is 8. The number of nitrogens with one attached hydrogen (secondary N) is 1. The van der Waals surface area contributed by atoms with E-state index in [1.165, 1.54) is 6.08 Å². The first kappa shape index (κ1) is 16.2. The Morgan fingerprint density at radius 3 is 2.85 bits per heavy atom. The topological polar surface area (TPSA) is 92.7 Å². The zero-order valence-corrected chi connectivity index (χ0v) is 11.9. The summed E-state index contributed by atoms with van der Waals surface area (Å²) in [5.74, 6) is -1.19. The van der Waals surface area contributed by atoms with E-state index in [0.717, 1.165) is 6.08 Å². The monoisotopic (exact) mass is 299 g/mol. The van der Waals surface area contributed by atoms with E-state index in [-0.39, 0.29) is 12.4 Å². The third-order valence-electron chi connectivity index (χ3n) is 2.28. The first-order valence-electron chi connectivity index (χ1n) is 6.02. The van der Waals surface area contributed by atoms with Crippen molar-refractivity contribution in [2.45, 2.75) is 6.92 Å². The molecule has 20 heavy (non-hydrogen) atoms. The number of anilines is 1. The highest BCUT2D eigenvalue weighted by Gasteiger charge is 2.10. The highest BCUT2D eigenvalue weighted by Crippen LogP contribution is 2.13. The van der Waals surface area contributed by atoms with Crippen molar-refractivity contribution in [1.82, 2.24) is 0 Å². The van der Waals surface area contributed by atoms with Gasteiger partial charge in [0, 0.05) is 18.4 Å². The molecule has 0 heterocycles. The number of carbonyl (C=O) groups is 1. The van der Waals surface area contributed by atoms with E-state index >= 15 is 0 Å². The van der Waals surface area contributed by atoms with Crippen molar-refractivity contribution in [3.63, 3.8) is 0 Å². The quantitative estimate of drug-likeness (QED) is 0.561. The van der Waals surface area contributed by atoms with Gasteiger partial charge in [0.2, 0.25) is 10.0 Å². The van der Waals surface area contributed by atoms with E-state index in [1.54, 1.807) is 31.2 Å². The standard InChI is InChI=1S/C13H17NO5S/c1-2-19-8-9-20(17,18)14-12-5-3-4-11(10-12)6-7-13(15)16/h3-7,10,14H,2,8-9H2,1H3,(H,15,16). The van der Waals surface area contributed by atoms with Crippen molar-refractivity contribution in [3.8, 4) is 0 Å². The van der Waals surface area contributed by atoms with Crippen LogP contribution in [0.1, 0.15) is 12.5 Å². The molecule has 0 aromatic heterocycles. The molecule has 0 saturated carbocycles. The lowest BCUT2D eigenvalue weighted by molar-refractivity contribution is -0.131. The number of hydrogen-bond acceptors (Lipinski definition) is 4. The summed E-state index contributed by atoms with van der Waals surface area (Å²) in [6, 6.07) is 6.47. The van der Waals surface area contributed by atoms with Crippen molar-refractivity contribution >= 4 is 27.8 Å². The molecular weight excluding hydrogens is 282 g/mol. The van der Waals surface area contributed by atoms with E-state index < -0.39 is 16.0 Å². The minimum atomic E-state index is -3.47. The van der Waals surface area contributed by atoms with Crippen LogP contribution in [0.2, 0.25) is 0 Å². The maximum absolute atomic E-state index is 11.7. The summed E-state index contributed by atoms with van der Waals surface area (Å²) in [7, 11) is -3.47. The second kappa shape index (κ2) is 7.66. The number of hydrogen-bond donors (Lipinski definition) is 2. The van der Waals surface area contributed by atoms with Crippen LogP contribution in [0.4, 0.5) is 5.69 Å². The summed E-state index contributed by atoms with van der Waals surface area (Å²) in [6.07, 6.45) is 2.38. The predicted octanol–water partition coefficient (Wildman–Crippen LogP) is 1.56. The molecule has 0 radical (unpaired) electrons. The molecule has 0 aliphatic carbocycles. The summed E-state index contributed by atoms with van der Waals surface area (Å²) >= 11 is 0. The third-order valence-corrected chi connectivity index (χ3v) is 3.53. The van der Waals surface area contributed by atoms with Crippen molar-refractivity contribution in [2.24, 2.45) is 0 Å². The van der Waals surface area contributed by atoms with Crippen LogP contribution in [-0.4, -0.2) is 38.5 Å². The van der Waals surface area contributed by atoms with Gasteiger partial charge in [0.05, 0.1) is 12.4 Å². The maximum Gasteiger partial charge on any atom is 0.328 e. The molecule has 0 fully saturated rings. The molecule has 0 bridgehead atoms. The molecule has 1 aromatic carbocycles. The van der Waals surface area contributed by atoms with Crippen molar-refractivity contribution in [3.05, 3.63) is 35.9 Å². The number of aliphatic carboxylic acids is 1. The van der Waals surface area contributed by atoms with E-state index in [2.05, 4.69) is 4.72 Å². The highest BCUT2D eigenvalue weighted by molar-refractivity contribution is 7.92. The smallest absolute Gasteiger partial charge is 0.328 e. The largest absolute Gasteiger partial charge is 0.478 e. The van der Waals surface area contributed by atoms with Gasteiger partial charge in [-0.1, -0.05) is 12.1 Å². The summed E-state index contributed by atoms with van der Waals surface area (Å²) in [6.45, 7) is 2.38. The SMILES string of the molecule is CCOCCS(=O)(=O)Nc1cccc(C=CC(=O)O)c1. The molecule has 7 heteroatoms. The molecular formula is C13H17NO5S. The fourth-order valence-corrected chi connectivity index (χ4v) is 2.34. The molecule has 0 aliphatic heterocycles. The normalized spacial score (nSPS) is 11.7. The summed E-state index contributed by atoms with van der Waals surface area (Å²) in [5.41, 5.74) is 0.978. The van der Waals surface area contributed by atoms with Gasteiger partial charge in [-0.15, -0.1) is 0 Å². The minimum absolute atomic E-state index is 0.129. The second-order valence-electron chi connectivity index (χ2n) is 3.91. The molecule has 6 nitrogen and oxygen atoms in total. The number of sulfonamides is 1. The number of carboxylic acids is 1. The van der Waals surface area contributed by atoms with Crippen molar-refractivity contribution < 1.29 is 23.1 Å². The Labute approximate surface area is 118 Å². The predicted molar refractivity (Wildman–Crippen MR) is 77.0 cm³/mol. The van der Waals surface area contributed by atoms with Crippen LogP contribution >= 0.6 is 0 Å². The van der Waals surface area contributed by atoms with Gasteiger partial charge in [-0.3, -0.25) is 4.72 Å². The van der Waals surface area contributed by atoms with Crippen LogP contribution in [0.15, 0.2) is 30.3 Å². The van der Waals surface area contributed by atoms with E-state index in [0.29, 0.717) is 17.9 Å². The van der Waals surface area contributed by atoms with Crippen LogP contribution in [0, 0.1) is 0 Å². The Hall–Kier alpha value is -1.86. The van der Waals surface area contributed by atoms with Gasteiger partial charge in [0.1, 0.15) is 0 Å². The fraction of sp³-hybridized carbons (Fsp3) is 0.308. The Bertz CT molecular complexity index is 580. The Kier molecular flexibility index (Phi) is 6.20. The van der Waals surface area contributed by atoms with Crippen LogP contribution < -0.4 is 4.72 Å². The van der Waals surface area contributed by atoms with Gasteiger partial charge >= 0.3 is 5.97 Å². The van der Waals surface area contributed by atoms with Gasteiger partial charge in [-0.05, 0) is 30.7 Å². The molecule has 0 aliphatic rings. The molecule has 0 spiro atoms. The molecule has 2 N–H and O–H groups in total. The third kappa shape index (κ3) is 6.35. The molecule has 0 saturated heterocycles. The number of ether oxygens (including phenoxy) is 1. The lowest BCUT2D eigenvalue weighted by atomic mass is 10.2. The lowest BCUT2D eigenvalue weighted by Crippen LogP contribution is -2.20. The van der Waals surface area contributed by atoms with Gasteiger partial charge in [-0.2, -0.15) is 0 Å². The fourth-order valence-electron chi connectivity index (χ4n) is 1.42. The van der Waals surface area contributed by atoms with E-state index in [4.69, 9.17) is 9.84 Å². The molecule has 110 valence electrons. The molecule has 0 amide bonds. The van der Waals surface area contributed by atoms with Gasteiger partial charge in [-0.25, -0.2) is 13.2 Å². The highest BCUT2D eigenvalue weighted by atomic mass is 32.2. The molecule has 1 rings (SSSR count). The van der Waals surface area contributed by atoms with Gasteiger partial charge < -0.3 is 9.84 Å². The Morgan fingerprint density at radius 1 is 1.45 bits per heavy atom. The zero-order chi connectivity index (χ0) is 15.0. The lowest BCUT2D eigenvalue weighted by Gasteiger charge is -2.08. The second-order valence-corrected chi connectivity index (χ2v) is 5.76. The summed E-state index contributed by atoms with van der Waals surface area (Å²) in [5, 5.41) is 8.54. The number of benzene rings is 1. The maximum atomic E-state index is 11.7. The van der Waals surface area contributed by atoms with E-state index in [1.807, 2.05) is 0 Å². The number of carboxylic acid groups (broad SMARTS) is 1. The zero-order valence-electron chi connectivity index (χ0n) is 11.1. The average Bonchev–Trinajstić information content (AvgIpc) is 2.36. The van der Waals surface area contributed by atoms with Crippen LogP contribution in [0.3, 0.4) is 0 Å². The Morgan fingerprint density at radius 2 is 2.20 bits per heavy atom. The van der Waals surface area contributed by atoms with Crippen molar-refractivity contribution in [2.75, 3.05) is 23.7 Å². The van der Waals surface area contributed by atoms with Crippen LogP contribution in [-0.2, 0) is 19.6 Å². The first-order chi connectivity index (χ1) is 9.43. The molecule has 1 aromatic rings. The van der Waals surface area contributed by atoms with Gasteiger partial charge in [0.15, 0.2) is 0 Å².